The van der Waals surface area contributed by atoms with Gasteiger partial charge in [-0.05, 0) is 39.0 Å². The second kappa shape index (κ2) is 8.30. The molecule has 3 aromatic rings. The van der Waals surface area contributed by atoms with Gasteiger partial charge >= 0.3 is 0 Å². The van der Waals surface area contributed by atoms with Gasteiger partial charge in [0, 0.05) is 30.2 Å². The Balaban J connectivity index is 2.00. The number of nitrogens with two attached hydrogens (primary N) is 1. The molecule has 4 N–H and O–H groups in total. The van der Waals surface area contributed by atoms with E-state index in [1.165, 1.54) is 6.07 Å². The summed E-state index contributed by atoms with van der Waals surface area (Å²) in [7, 11) is 1.63. The van der Waals surface area contributed by atoms with Gasteiger partial charge in [-0.3, -0.25) is 0 Å². The highest BCUT2D eigenvalue weighted by Gasteiger charge is 2.17. The Labute approximate surface area is 162 Å². The van der Waals surface area contributed by atoms with E-state index < -0.39 is 0 Å². The number of nitrogen functional groups attached to an aromatic ring is 1. The van der Waals surface area contributed by atoms with E-state index in [4.69, 9.17) is 10.5 Å². The maximum Gasteiger partial charge on any atom is 0.228 e. The van der Waals surface area contributed by atoms with E-state index in [0.717, 1.165) is 10.9 Å². The molecule has 0 spiro atoms. The molecule has 0 radical (unpaired) electrons. The quantitative estimate of drug-likeness (QED) is 0.532. The van der Waals surface area contributed by atoms with E-state index in [1.807, 2.05) is 13.0 Å². The van der Waals surface area contributed by atoms with Crippen molar-refractivity contribution in [3.8, 4) is 0 Å². The van der Waals surface area contributed by atoms with E-state index in [1.54, 1.807) is 27.0 Å². The smallest absolute Gasteiger partial charge is 0.228 e. The first-order valence-electron chi connectivity index (χ1n) is 8.96. The van der Waals surface area contributed by atoms with Crippen molar-refractivity contribution in [1.82, 2.24) is 19.9 Å². The molecule has 9 heteroatoms. The van der Waals surface area contributed by atoms with E-state index >= 15 is 0 Å². The van der Waals surface area contributed by atoms with Gasteiger partial charge in [0.15, 0.2) is 0 Å². The molecule has 2 heterocycles. The molecule has 3 rings (SSSR count). The van der Waals surface area contributed by atoms with Gasteiger partial charge in [0.25, 0.3) is 0 Å². The molecule has 0 saturated carbocycles. The summed E-state index contributed by atoms with van der Waals surface area (Å²) in [4.78, 5) is 17.1. The monoisotopic (exact) mass is 385 g/mol. The Morgan fingerprint density at radius 3 is 2.68 bits per heavy atom. The van der Waals surface area contributed by atoms with Gasteiger partial charge in [-0.1, -0.05) is 0 Å². The van der Waals surface area contributed by atoms with E-state index in [-0.39, 0.29) is 17.8 Å². The summed E-state index contributed by atoms with van der Waals surface area (Å²) in [6.07, 6.45) is 0. The van der Waals surface area contributed by atoms with Gasteiger partial charge < -0.3 is 21.1 Å². The van der Waals surface area contributed by atoms with Crippen LogP contribution >= 0.6 is 0 Å². The van der Waals surface area contributed by atoms with Crippen molar-refractivity contribution < 1.29 is 9.13 Å². The first-order valence-corrected chi connectivity index (χ1v) is 8.96. The number of hydrogen-bond donors (Lipinski definition) is 3. The number of methoxy groups -OCH3 is 1. The molecule has 0 aliphatic carbocycles. The van der Waals surface area contributed by atoms with Crippen molar-refractivity contribution in [3.63, 3.8) is 0 Å². The molecule has 0 aliphatic rings. The van der Waals surface area contributed by atoms with Gasteiger partial charge in [0.2, 0.25) is 11.9 Å². The third-order valence-electron chi connectivity index (χ3n) is 4.38. The number of nitrogens with one attached hydrogen (secondary N) is 2. The van der Waals surface area contributed by atoms with Gasteiger partial charge in [-0.15, -0.1) is 0 Å². The second-order valence-corrected chi connectivity index (χ2v) is 6.52. The Morgan fingerprint density at radius 2 is 1.96 bits per heavy atom. The van der Waals surface area contributed by atoms with Gasteiger partial charge in [0.1, 0.15) is 17.5 Å². The number of fused-ring (bicyclic) bond motifs is 1. The summed E-state index contributed by atoms with van der Waals surface area (Å²) in [5, 5.41) is 7.35. The zero-order valence-electron chi connectivity index (χ0n) is 16.4. The van der Waals surface area contributed by atoms with Gasteiger partial charge in [-0.2, -0.15) is 15.0 Å². The standard InChI is InChI=1S/C19H24FN7O/c1-10-15(20)6-5-13-9-14(17(26-16(10)13)22-7-8-28-4)11(2)23-19-25-12(3)24-18(21)27-19/h5-6,9,11H,7-8H2,1-4H3,(H,22,26)(H3,21,23,24,25,27). The molecule has 0 bridgehead atoms. The topological polar surface area (TPSA) is 111 Å². The molecule has 148 valence electrons. The fourth-order valence-electron chi connectivity index (χ4n) is 2.96. The van der Waals surface area contributed by atoms with Gasteiger partial charge in [0.05, 0.1) is 18.2 Å². The zero-order chi connectivity index (χ0) is 20.3. The second-order valence-electron chi connectivity index (χ2n) is 6.52. The van der Waals surface area contributed by atoms with Crippen molar-refractivity contribution in [2.45, 2.75) is 26.8 Å². The van der Waals surface area contributed by atoms with Crippen molar-refractivity contribution in [2.75, 3.05) is 36.6 Å². The van der Waals surface area contributed by atoms with Crippen LogP contribution in [0.2, 0.25) is 0 Å². The Morgan fingerprint density at radius 1 is 1.18 bits per heavy atom. The summed E-state index contributed by atoms with van der Waals surface area (Å²) in [5.74, 6) is 1.44. The van der Waals surface area contributed by atoms with Crippen LogP contribution in [0.1, 0.15) is 29.9 Å². The molecule has 0 saturated heterocycles. The van der Waals surface area contributed by atoms with Crippen LogP contribution in [-0.2, 0) is 4.74 Å². The number of aryl methyl sites for hydroxylation is 2. The average molecular weight is 385 g/mol. The number of halogens is 1. The molecular weight excluding hydrogens is 361 g/mol. The van der Waals surface area contributed by atoms with Crippen molar-refractivity contribution in [2.24, 2.45) is 0 Å². The molecule has 28 heavy (non-hydrogen) atoms. The first kappa shape index (κ1) is 19.7. The Kier molecular flexibility index (Phi) is 5.84. The maximum atomic E-state index is 14.0. The Bertz CT molecular complexity index is 975. The average Bonchev–Trinajstić information content (AvgIpc) is 2.64. The maximum absolute atomic E-state index is 14.0. The Hall–Kier alpha value is -3.07. The van der Waals surface area contributed by atoms with Crippen LogP contribution in [0.15, 0.2) is 18.2 Å². The molecule has 1 unspecified atom stereocenters. The number of benzene rings is 1. The van der Waals surface area contributed by atoms with Crippen LogP contribution in [0, 0.1) is 19.7 Å². The largest absolute Gasteiger partial charge is 0.383 e. The first-order chi connectivity index (χ1) is 13.4. The number of nitrogens with zero attached hydrogens (tertiary/aromatic N) is 4. The third-order valence-corrected chi connectivity index (χ3v) is 4.38. The van der Waals surface area contributed by atoms with Crippen molar-refractivity contribution in [1.29, 1.82) is 0 Å². The highest BCUT2D eigenvalue weighted by atomic mass is 19.1. The molecule has 0 fully saturated rings. The normalized spacial score (nSPS) is 12.2. The summed E-state index contributed by atoms with van der Waals surface area (Å²) in [5.41, 5.74) is 7.74. The summed E-state index contributed by atoms with van der Waals surface area (Å²) in [6.45, 7) is 6.53. The minimum atomic E-state index is -0.280. The highest BCUT2D eigenvalue weighted by molar-refractivity contribution is 5.85. The molecule has 0 aliphatic heterocycles. The summed E-state index contributed by atoms with van der Waals surface area (Å²) >= 11 is 0. The lowest BCUT2D eigenvalue weighted by Gasteiger charge is -2.20. The number of rotatable bonds is 7. The third kappa shape index (κ3) is 4.25. The molecular formula is C19H24FN7O. The van der Waals surface area contributed by atoms with Crippen LogP contribution in [0.5, 0.6) is 0 Å². The molecule has 8 nitrogen and oxygen atoms in total. The fraction of sp³-hybridized carbons (Fsp3) is 0.368. The van der Waals surface area contributed by atoms with Crippen LogP contribution in [0.25, 0.3) is 10.9 Å². The van der Waals surface area contributed by atoms with E-state index in [2.05, 4.69) is 30.6 Å². The highest BCUT2D eigenvalue weighted by Crippen LogP contribution is 2.29. The predicted molar refractivity (Wildman–Crippen MR) is 108 cm³/mol. The van der Waals surface area contributed by atoms with Crippen LogP contribution in [0.4, 0.5) is 22.1 Å². The van der Waals surface area contributed by atoms with Crippen LogP contribution in [-0.4, -0.2) is 40.2 Å². The van der Waals surface area contributed by atoms with Crippen LogP contribution in [0.3, 0.4) is 0 Å². The predicted octanol–water partition coefficient (Wildman–Crippen LogP) is 2.99. The minimum absolute atomic E-state index is 0.156. The lowest BCUT2D eigenvalue weighted by Crippen LogP contribution is -2.16. The molecule has 1 atom stereocenters. The summed E-state index contributed by atoms with van der Waals surface area (Å²) < 4.78 is 19.1. The zero-order valence-corrected chi connectivity index (χ0v) is 16.4. The SMILES string of the molecule is COCCNc1nc2c(C)c(F)ccc2cc1C(C)Nc1nc(C)nc(N)n1. The van der Waals surface area contributed by atoms with Gasteiger partial charge in [-0.25, -0.2) is 9.37 Å². The fourth-order valence-corrected chi connectivity index (χ4v) is 2.96. The van der Waals surface area contributed by atoms with E-state index in [9.17, 15) is 4.39 Å². The van der Waals surface area contributed by atoms with Crippen LogP contribution < -0.4 is 16.4 Å². The number of pyridine rings is 1. The minimum Gasteiger partial charge on any atom is -0.383 e. The lowest BCUT2D eigenvalue weighted by atomic mass is 10.0. The number of hydrogen-bond acceptors (Lipinski definition) is 8. The molecule has 0 amide bonds. The molecule has 1 aromatic carbocycles. The lowest BCUT2D eigenvalue weighted by molar-refractivity contribution is 0.210. The number of ether oxygens (including phenoxy) is 1. The summed E-state index contributed by atoms with van der Waals surface area (Å²) in [6, 6.07) is 4.98. The van der Waals surface area contributed by atoms with Crippen molar-refractivity contribution in [3.05, 3.63) is 41.0 Å². The van der Waals surface area contributed by atoms with E-state index in [0.29, 0.717) is 41.8 Å². The number of aromatic nitrogens is 4. The van der Waals surface area contributed by atoms with Crippen molar-refractivity contribution >= 4 is 28.6 Å². The molecule has 2 aromatic heterocycles. The number of anilines is 3.